The fourth-order valence-corrected chi connectivity index (χ4v) is 2.34. The van der Waals surface area contributed by atoms with Gasteiger partial charge in [-0.15, -0.1) is 0 Å². The second-order valence-electron chi connectivity index (χ2n) is 3.94. The van der Waals surface area contributed by atoms with Crippen LogP contribution in [0.1, 0.15) is 12.6 Å². The zero-order chi connectivity index (χ0) is 13.8. The highest BCUT2D eigenvalue weighted by atomic mass is 32.2. The molecule has 8 heteroatoms. The Kier molecular flexibility index (Phi) is 4.37. The van der Waals surface area contributed by atoms with Crippen molar-refractivity contribution in [2.24, 2.45) is 0 Å². The molecule has 1 aromatic heterocycles. The molecule has 1 rings (SSSR count). The van der Waals surface area contributed by atoms with Crippen LogP contribution in [0.4, 0.5) is 0 Å². The van der Waals surface area contributed by atoms with Gasteiger partial charge in [-0.2, -0.15) is 5.26 Å². The maximum atomic E-state index is 11.9. The quantitative estimate of drug-likeness (QED) is 0.629. The molecule has 3 N–H and O–H groups in total. The van der Waals surface area contributed by atoms with Crippen LogP contribution < -0.4 is 4.72 Å². The van der Waals surface area contributed by atoms with Gasteiger partial charge < -0.3 is 10.2 Å². The molecule has 98 valence electrons. The first kappa shape index (κ1) is 14.5. The van der Waals surface area contributed by atoms with Crippen LogP contribution in [-0.4, -0.2) is 42.4 Å². The molecule has 1 unspecified atom stereocenters. The Labute approximate surface area is 105 Å². The Hall–Kier alpha value is -1.53. The molecule has 18 heavy (non-hydrogen) atoms. The van der Waals surface area contributed by atoms with Crippen molar-refractivity contribution < 1.29 is 18.6 Å². The lowest BCUT2D eigenvalue weighted by molar-refractivity contribution is 0.00681. The van der Waals surface area contributed by atoms with E-state index in [0.29, 0.717) is 0 Å². The van der Waals surface area contributed by atoms with Crippen molar-refractivity contribution in [3.8, 4) is 6.07 Å². The van der Waals surface area contributed by atoms with Gasteiger partial charge in [-0.25, -0.2) is 18.1 Å². The Morgan fingerprint density at radius 2 is 2.28 bits per heavy atom. The van der Waals surface area contributed by atoms with E-state index >= 15 is 0 Å². The molecule has 1 aromatic rings. The smallest absolute Gasteiger partial charge is 0.243 e. The third-order valence-corrected chi connectivity index (χ3v) is 3.58. The number of nitrogens with one attached hydrogen (secondary N) is 1. The van der Waals surface area contributed by atoms with E-state index in [1.165, 1.54) is 25.3 Å². The molecule has 0 aliphatic heterocycles. The van der Waals surface area contributed by atoms with Gasteiger partial charge in [0.2, 0.25) is 10.0 Å². The lowest BCUT2D eigenvalue weighted by Gasteiger charge is -2.20. The van der Waals surface area contributed by atoms with Crippen LogP contribution in [0.15, 0.2) is 23.2 Å². The van der Waals surface area contributed by atoms with E-state index in [2.05, 4.69) is 9.71 Å². The van der Waals surface area contributed by atoms with E-state index in [4.69, 9.17) is 10.4 Å². The molecule has 0 amide bonds. The molecule has 0 aliphatic carbocycles. The first-order valence-electron chi connectivity index (χ1n) is 5.00. The fraction of sp³-hybridized carbons (Fsp3) is 0.400. The van der Waals surface area contributed by atoms with Gasteiger partial charge in [-0.1, -0.05) is 0 Å². The summed E-state index contributed by atoms with van der Waals surface area (Å²) in [5.74, 6) is 0. The monoisotopic (exact) mass is 271 g/mol. The zero-order valence-electron chi connectivity index (χ0n) is 9.66. The molecule has 0 fully saturated rings. The molecule has 0 spiro atoms. The third-order valence-electron chi connectivity index (χ3n) is 2.15. The summed E-state index contributed by atoms with van der Waals surface area (Å²) < 4.78 is 25.9. The summed E-state index contributed by atoms with van der Waals surface area (Å²) >= 11 is 0. The molecule has 0 aromatic carbocycles. The van der Waals surface area contributed by atoms with Gasteiger partial charge in [0.05, 0.1) is 12.2 Å². The molecule has 7 nitrogen and oxygen atoms in total. The Bertz CT molecular complexity index is 563. The van der Waals surface area contributed by atoms with Gasteiger partial charge in [0, 0.05) is 12.7 Å². The number of hydrogen-bond donors (Lipinski definition) is 3. The van der Waals surface area contributed by atoms with E-state index in [1.807, 2.05) is 0 Å². The van der Waals surface area contributed by atoms with Crippen molar-refractivity contribution in [3.05, 3.63) is 24.0 Å². The average Bonchev–Trinajstić information content (AvgIpc) is 2.37. The topological polar surface area (TPSA) is 123 Å². The van der Waals surface area contributed by atoms with Crippen LogP contribution in [0.3, 0.4) is 0 Å². The standard InChI is InChI=1S/C10H13N3O4S/c1-10(15,7-14)6-13-18(16,17)9-3-2-4-12-8(9)5-11/h2-4,13-15H,6-7H2,1H3. The number of nitrogens with zero attached hydrogens (tertiary/aromatic N) is 2. The van der Waals surface area contributed by atoms with Gasteiger partial charge in [-0.05, 0) is 19.1 Å². The molecule has 0 bridgehead atoms. The molecular weight excluding hydrogens is 258 g/mol. The molecule has 0 radical (unpaired) electrons. The predicted molar refractivity (Wildman–Crippen MR) is 61.9 cm³/mol. The molecule has 0 aliphatic rings. The Balaban J connectivity index is 2.98. The number of hydrogen-bond acceptors (Lipinski definition) is 6. The van der Waals surface area contributed by atoms with Crippen LogP contribution in [0.25, 0.3) is 0 Å². The van der Waals surface area contributed by atoms with Crippen molar-refractivity contribution >= 4 is 10.0 Å². The van der Waals surface area contributed by atoms with E-state index in [0.717, 1.165) is 0 Å². The third kappa shape index (κ3) is 3.48. The maximum absolute atomic E-state index is 11.9. The molecular formula is C10H13N3O4S. The van der Waals surface area contributed by atoms with Gasteiger partial charge in [0.1, 0.15) is 11.0 Å². The van der Waals surface area contributed by atoms with Crippen LogP contribution >= 0.6 is 0 Å². The summed E-state index contributed by atoms with van der Waals surface area (Å²) in [6.45, 7) is 0.323. The minimum absolute atomic E-state index is 0.228. The van der Waals surface area contributed by atoms with Gasteiger partial charge in [0.25, 0.3) is 0 Å². The largest absolute Gasteiger partial charge is 0.393 e. The number of aliphatic hydroxyl groups excluding tert-OH is 1. The highest BCUT2D eigenvalue weighted by molar-refractivity contribution is 7.89. The SMILES string of the molecule is CC(O)(CO)CNS(=O)(=O)c1cccnc1C#N. The summed E-state index contributed by atoms with van der Waals surface area (Å²) in [6, 6.07) is 4.30. The summed E-state index contributed by atoms with van der Waals surface area (Å²) in [7, 11) is -3.95. The van der Waals surface area contributed by atoms with Crippen LogP contribution in [0.5, 0.6) is 0 Å². The number of aromatic nitrogens is 1. The summed E-state index contributed by atoms with van der Waals surface area (Å²) in [5.41, 5.74) is -1.80. The van der Waals surface area contributed by atoms with Crippen molar-refractivity contribution in [2.45, 2.75) is 17.4 Å². The molecule has 1 atom stereocenters. The first-order chi connectivity index (χ1) is 8.32. The zero-order valence-corrected chi connectivity index (χ0v) is 10.5. The second kappa shape index (κ2) is 5.41. The average molecular weight is 271 g/mol. The van der Waals surface area contributed by atoms with Crippen molar-refractivity contribution in [1.82, 2.24) is 9.71 Å². The Morgan fingerprint density at radius 3 is 2.83 bits per heavy atom. The lowest BCUT2D eigenvalue weighted by atomic mass is 10.1. The van der Waals surface area contributed by atoms with Gasteiger partial charge >= 0.3 is 0 Å². The number of aliphatic hydroxyl groups is 2. The van der Waals surface area contributed by atoms with E-state index in [-0.39, 0.29) is 17.1 Å². The highest BCUT2D eigenvalue weighted by Gasteiger charge is 2.25. The maximum Gasteiger partial charge on any atom is 0.243 e. The molecule has 0 saturated carbocycles. The van der Waals surface area contributed by atoms with Crippen LogP contribution in [-0.2, 0) is 10.0 Å². The van der Waals surface area contributed by atoms with E-state index in [1.54, 1.807) is 6.07 Å². The summed E-state index contributed by atoms with van der Waals surface area (Å²) in [4.78, 5) is 3.37. The normalized spacial score (nSPS) is 14.8. The summed E-state index contributed by atoms with van der Waals surface area (Å²) in [6.07, 6.45) is 1.31. The molecule has 1 heterocycles. The minimum atomic E-state index is -3.95. The molecule has 0 saturated heterocycles. The minimum Gasteiger partial charge on any atom is -0.393 e. The van der Waals surface area contributed by atoms with Gasteiger partial charge in [-0.3, -0.25) is 0 Å². The predicted octanol–water partition coefficient (Wildman–Crippen LogP) is -1.03. The Morgan fingerprint density at radius 1 is 1.61 bits per heavy atom. The summed E-state index contributed by atoms with van der Waals surface area (Å²) in [5, 5.41) is 27.1. The van der Waals surface area contributed by atoms with Crippen molar-refractivity contribution in [1.29, 1.82) is 5.26 Å². The number of pyridine rings is 1. The van der Waals surface area contributed by atoms with Crippen molar-refractivity contribution in [2.75, 3.05) is 13.2 Å². The highest BCUT2D eigenvalue weighted by Crippen LogP contribution is 2.12. The van der Waals surface area contributed by atoms with E-state index in [9.17, 15) is 13.5 Å². The number of rotatable bonds is 5. The van der Waals surface area contributed by atoms with E-state index < -0.39 is 22.2 Å². The lowest BCUT2D eigenvalue weighted by Crippen LogP contribution is -2.43. The van der Waals surface area contributed by atoms with Crippen molar-refractivity contribution in [3.63, 3.8) is 0 Å². The van der Waals surface area contributed by atoms with Crippen LogP contribution in [0, 0.1) is 11.3 Å². The van der Waals surface area contributed by atoms with Crippen LogP contribution in [0.2, 0.25) is 0 Å². The fourth-order valence-electron chi connectivity index (χ4n) is 1.08. The van der Waals surface area contributed by atoms with Gasteiger partial charge in [0.15, 0.2) is 5.69 Å². The first-order valence-corrected chi connectivity index (χ1v) is 6.49. The second-order valence-corrected chi connectivity index (χ2v) is 5.68. The number of nitriles is 1. The number of sulfonamides is 1.